The van der Waals surface area contributed by atoms with Crippen molar-refractivity contribution in [1.82, 2.24) is 5.32 Å². The molecule has 1 saturated heterocycles. The van der Waals surface area contributed by atoms with E-state index in [0.717, 1.165) is 31.6 Å². The SMILES string of the molecule is CCNC1CCN(c2cc(C(F)(F)F)ccc2Cl)C1. The predicted molar refractivity (Wildman–Crippen MR) is 70.7 cm³/mol. The van der Waals surface area contributed by atoms with Crippen LogP contribution < -0.4 is 10.2 Å². The standard InChI is InChI=1S/C13H16ClF3N2/c1-2-18-10-5-6-19(8-10)12-7-9(13(15,16)17)3-4-11(12)14/h3-4,7,10,18H,2,5-6,8H2,1H3. The predicted octanol–water partition coefficient (Wildman–Crippen LogP) is 3.55. The summed E-state index contributed by atoms with van der Waals surface area (Å²) in [5.74, 6) is 0. The fourth-order valence-corrected chi connectivity index (χ4v) is 2.60. The van der Waals surface area contributed by atoms with E-state index in [4.69, 9.17) is 11.6 Å². The second-order valence-electron chi connectivity index (χ2n) is 4.65. The molecule has 1 fully saturated rings. The Morgan fingerprint density at radius 3 is 2.79 bits per heavy atom. The minimum Gasteiger partial charge on any atom is -0.369 e. The third kappa shape index (κ3) is 3.34. The molecule has 19 heavy (non-hydrogen) atoms. The summed E-state index contributed by atoms with van der Waals surface area (Å²) >= 11 is 6.02. The van der Waals surface area contributed by atoms with Crippen molar-refractivity contribution < 1.29 is 13.2 Å². The molecule has 1 N–H and O–H groups in total. The Balaban J connectivity index is 2.20. The van der Waals surface area contributed by atoms with E-state index in [1.807, 2.05) is 11.8 Å². The highest BCUT2D eigenvalue weighted by Gasteiger charge is 2.32. The number of nitrogens with one attached hydrogen (secondary N) is 1. The number of hydrogen-bond donors (Lipinski definition) is 1. The zero-order valence-electron chi connectivity index (χ0n) is 10.6. The monoisotopic (exact) mass is 292 g/mol. The van der Waals surface area contributed by atoms with Crippen LogP contribution in [0.1, 0.15) is 18.9 Å². The maximum atomic E-state index is 12.7. The Bertz CT molecular complexity index is 448. The Morgan fingerprint density at radius 2 is 2.16 bits per heavy atom. The van der Waals surface area contributed by atoms with Gasteiger partial charge in [0.25, 0.3) is 0 Å². The summed E-state index contributed by atoms with van der Waals surface area (Å²) in [6.45, 7) is 4.28. The first-order valence-electron chi connectivity index (χ1n) is 6.27. The van der Waals surface area contributed by atoms with E-state index in [-0.39, 0.29) is 0 Å². The molecule has 1 atom stereocenters. The summed E-state index contributed by atoms with van der Waals surface area (Å²) in [5, 5.41) is 3.67. The molecule has 1 unspecified atom stereocenters. The first kappa shape index (κ1) is 14.5. The molecule has 2 nitrogen and oxygen atoms in total. The largest absolute Gasteiger partial charge is 0.416 e. The van der Waals surface area contributed by atoms with E-state index >= 15 is 0 Å². The van der Waals surface area contributed by atoms with Gasteiger partial charge in [-0.15, -0.1) is 0 Å². The minimum atomic E-state index is -4.33. The van der Waals surface area contributed by atoms with Crippen molar-refractivity contribution >= 4 is 17.3 Å². The third-order valence-electron chi connectivity index (χ3n) is 3.30. The number of halogens is 4. The highest BCUT2D eigenvalue weighted by atomic mass is 35.5. The summed E-state index contributed by atoms with van der Waals surface area (Å²) in [7, 11) is 0. The maximum absolute atomic E-state index is 12.7. The maximum Gasteiger partial charge on any atom is 0.416 e. The van der Waals surface area contributed by atoms with Crippen LogP contribution in [0.4, 0.5) is 18.9 Å². The lowest BCUT2D eigenvalue weighted by Crippen LogP contribution is -2.32. The van der Waals surface area contributed by atoms with Crippen molar-refractivity contribution in [2.75, 3.05) is 24.5 Å². The molecule has 0 spiro atoms. The van der Waals surface area contributed by atoms with Crippen LogP contribution in [0.15, 0.2) is 18.2 Å². The van der Waals surface area contributed by atoms with Gasteiger partial charge in [0, 0.05) is 19.1 Å². The molecule has 0 saturated carbocycles. The molecule has 0 aliphatic carbocycles. The number of benzene rings is 1. The normalized spacial score (nSPS) is 20.1. The quantitative estimate of drug-likeness (QED) is 0.916. The molecule has 1 aliphatic rings. The Morgan fingerprint density at radius 1 is 1.42 bits per heavy atom. The van der Waals surface area contributed by atoms with Gasteiger partial charge >= 0.3 is 6.18 Å². The Kier molecular flexibility index (Phi) is 4.26. The number of anilines is 1. The summed E-state index contributed by atoms with van der Waals surface area (Å²) in [5.41, 5.74) is -0.185. The Labute approximate surface area is 115 Å². The zero-order valence-corrected chi connectivity index (χ0v) is 11.4. The van der Waals surface area contributed by atoms with Crippen LogP contribution in [0.5, 0.6) is 0 Å². The second-order valence-corrected chi connectivity index (χ2v) is 5.06. The fraction of sp³-hybridized carbons (Fsp3) is 0.538. The number of rotatable bonds is 3. The summed E-state index contributed by atoms with van der Waals surface area (Å²) in [4.78, 5) is 1.91. The van der Waals surface area contributed by atoms with Gasteiger partial charge in [-0.05, 0) is 31.2 Å². The van der Waals surface area contributed by atoms with Crippen LogP contribution in [0.3, 0.4) is 0 Å². The lowest BCUT2D eigenvalue weighted by Gasteiger charge is -2.21. The van der Waals surface area contributed by atoms with Gasteiger partial charge in [-0.3, -0.25) is 0 Å². The van der Waals surface area contributed by atoms with E-state index in [0.29, 0.717) is 23.3 Å². The summed E-state index contributed by atoms with van der Waals surface area (Å²) < 4.78 is 38.1. The molecule has 1 aliphatic heterocycles. The Hall–Kier alpha value is -0.940. The number of alkyl halides is 3. The van der Waals surface area contributed by atoms with Crippen LogP contribution in [0.2, 0.25) is 5.02 Å². The van der Waals surface area contributed by atoms with Gasteiger partial charge in [-0.25, -0.2) is 0 Å². The van der Waals surface area contributed by atoms with Crippen LogP contribution in [-0.4, -0.2) is 25.7 Å². The van der Waals surface area contributed by atoms with E-state index in [2.05, 4.69) is 5.32 Å². The highest BCUT2D eigenvalue weighted by molar-refractivity contribution is 6.33. The molecule has 2 rings (SSSR count). The highest BCUT2D eigenvalue weighted by Crippen LogP contribution is 2.36. The number of nitrogens with zero attached hydrogens (tertiary/aromatic N) is 1. The van der Waals surface area contributed by atoms with Gasteiger partial charge in [-0.2, -0.15) is 13.2 Å². The van der Waals surface area contributed by atoms with Gasteiger partial charge < -0.3 is 10.2 Å². The first-order chi connectivity index (χ1) is 8.91. The van der Waals surface area contributed by atoms with E-state index in [9.17, 15) is 13.2 Å². The molecule has 1 aromatic rings. The molecule has 106 valence electrons. The molecule has 1 aromatic carbocycles. The van der Waals surface area contributed by atoms with Gasteiger partial charge in [0.1, 0.15) is 0 Å². The van der Waals surface area contributed by atoms with Crippen molar-refractivity contribution in [2.45, 2.75) is 25.6 Å². The first-order valence-corrected chi connectivity index (χ1v) is 6.64. The molecular weight excluding hydrogens is 277 g/mol. The summed E-state index contributed by atoms with van der Waals surface area (Å²) in [6, 6.07) is 3.79. The fourth-order valence-electron chi connectivity index (χ4n) is 2.37. The molecule has 1 heterocycles. The van der Waals surface area contributed by atoms with Crippen LogP contribution in [-0.2, 0) is 6.18 Å². The topological polar surface area (TPSA) is 15.3 Å². The van der Waals surface area contributed by atoms with Gasteiger partial charge in [0.05, 0.1) is 16.3 Å². The van der Waals surface area contributed by atoms with Crippen molar-refractivity contribution in [1.29, 1.82) is 0 Å². The summed E-state index contributed by atoms with van der Waals surface area (Å²) in [6.07, 6.45) is -3.42. The van der Waals surface area contributed by atoms with Gasteiger partial charge in [0.2, 0.25) is 0 Å². The van der Waals surface area contributed by atoms with Crippen molar-refractivity contribution in [3.63, 3.8) is 0 Å². The number of hydrogen-bond acceptors (Lipinski definition) is 2. The van der Waals surface area contributed by atoms with E-state index < -0.39 is 11.7 Å². The molecule has 6 heteroatoms. The van der Waals surface area contributed by atoms with Crippen LogP contribution >= 0.6 is 11.6 Å². The molecule has 0 aromatic heterocycles. The van der Waals surface area contributed by atoms with Gasteiger partial charge in [-0.1, -0.05) is 18.5 Å². The minimum absolute atomic E-state index is 0.315. The average Bonchev–Trinajstić information content (AvgIpc) is 2.77. The zero-order chi connectivity index (χ0) is 14.0. The lowest BCUT2D eigenvalue weighted by atomic mass is 10.2. The van der Waals surface area contributed by atoms with Crippen LogP contribution in [0, 0.1) is 0 Å². The van der Waals surface area contributed by atoms with E-state index in [1.165, 1.54) is 6.07 Å². The lowest BCUT2D eigenvalue weighted by molar-refractivity contribution is -0.137. The molecule has 0 amide bonds. The number of likely N-dealkylation sites (N-methyl/N-ethyl adjacent to an activating group) is 1. The molecule has 0 radical (unpaired) electrons. The van der Waals surface area contributed by atoms with Crippen molar-refractivity contribution in [3.05, 3.63) is 28.8 Å². The molecular formula is C13H16ClF3N2. The van der Waals surface area contributed by atoms with Crippen LogP contribution in [0.25, 0.3) is 0 Å². The van der Waals surface area contributed by atoms with Crippen molar-refractivity contribution in [2.24, 2.45) is 0 Å². The third-order valence-corrected chi connectivity index (χ3v) is 3.61. The van der Waals surface area contributed by atoms with Gasteiger partial charge in [0.15, 0.2) is 0 Å². The second kappa shape index (κ2) is 5.59. The molecule has 0 bridgehead atoms. The smallest absolute Gasteiger partial charge is 0.369 e. The average molecular weight is 293 g/mol. The van der Waals surface area contributed by atoms with Crippen molar-refractivity contribution in [3.8, 4) is 0 Å². The van der Waals surface area contributed by atoms with E-state index in [1.54, 1.807) is 0 Å².